The van der Waals surface area contributed by atoms with Gasteiger partial charge in [0.2, 0.25) is 0 Å². The van der Waals surface area contributed by atoms with Crippen LogP contribution in [0, 0.1) is 12.8 Å². The van der Waals surface area contributed by atoms with Crippen LogP contribution < -0.4 is 4.90 Å². The number of aryl methyl sites for hydroxylation is 2. The molecule has 3 heterocycles. The summed E-state index contributed by atoms with van der Waals surface area (Å²) < 4.78 is 0. The first-order valence-corrected chi connectivity index (χ1v) is 11.5. The van der Waals surface area contributed by atoms with E-state index in [0.717, 1.165) is 66.9 Å². The average molecular weight is 407 g/mol. The smallest absolute Gasteiger partial charge is 0.254 e. The molecule has 1 aromatic carbocycles. The molecule has 0 spiro atoms. The fraction of sp³-hybridized carbons (Fsp3) is 0.560. The van der Waals surface area contributed by atoms with Gasteiger partial charge in [-0.25, -0.2) is 9.97 Å². The maximum Gasteiger partial charge on any atom is 0.254 e. The molecule has 2 aliphatic heterocycles. The zero-order valence-electron chi connectivity index (χ0n) is 18.7. The van der Waals surface area contributed by atoms with Crippen LogP contribution in [0.2, 0.25) is 0 Å². The molecule has 0 unspecified atom stereocenters. The number of benzene rings is 1. The summed E-state index contributed by atoms with van der Waals surface area (Å²) >= 11 is 0. The zero-order valence-corrected chi connectivity index (χ0v) is 18.7. The Morgan fingerprint density at radius 2 is 1.83 bits per heavy atom. The number of unbranched alkanes of at least 4 members (excludes halogenated alkanes) is 1. The summed E-state index contributed by atoms with van der Waals surface area (Å²) in [5, 5.41) is 0. The number of fused-ring (bicyclic) bond motifs is 1. The molecule has 1 fully saturated rings. The standard InChI is InChI=1S/C25H34N4O/c1-4-5-6-20-7-9-21(10-8-20)25(30)29-16-13-23-22(17-29)24(27-19(3)26-23)28-14-11-18(2)12-15-28/h7-10,18H,4-6,11-17H2,1-3H3. The summed E-state index contributed by atoms with van der Waals surface area (Å²) in [6.07, 6.45) is 6.66. The van der Waals surface area contributed by atoms with Crippen molar-refractivity contribution < 1.29 is 4.79 Å². The number of amides is 1. The van der Waals surface area contributed by atoms with Crippen molar-refractivity contribution in [2.24, 2.45) is 5.92 Å². The van der Waals surface area contributed by atoms with Crippen LogP contribution in [0.1, 0.15) is 72.5 Å². The second-order valence-electron chi connectivity index (χ2n) is 8.97. The minimum Gasteiger partial charge on any atom is -0.356 e. The van der Waals surface area contributed by atoms with E-state index in [4.69, 9.17) is 9.97 Å². The molecule has 5 heteroatoms. The Kier molecular flexibility index (Phi) is 6.35. The Morgan fingerprint density at radius 3 is 2.53 bits per heavy atom. The SMILES string of the molecule is CCCCc1ccc(C(=O)N2CCc3nc(C)nc(N4CCC(C)CC4)c3C2)cc1. The lowest BCUT2D eigenvalue weighted by atomic mass is 9.98. The first-order chi connectivity index (χ1) is 14.5. The number of carbonyl (C=O) groups is 1. The van der Waals surface area contributed by atoms with Crippen molar-refractivity contribution >= 4 is 11.7 Å². The molecule has 2 aliphatic rings. The highest BCUT2D eigenvalue weighted by atomic mass is 16.2. The topological polar surface area (TPSA) is 49.3 Å². The molecule has 1 amide bonds. The van der Waals surface area contributed by atoms with Gasteiger partial charge in [0.15, 0.2) is 0 Å². The van der Waals surface area contributed by atoms with E-state index in [1.165, 1.54) is 31.2 Å². The Morgan fingerprint density at radius 1 is 1.10 bits per heavy atom. The number of anilines is 1. The van der Waals surface area contributed by atoms with Crippen LogP contribution in [0.25, 0.3) is 0 Å². The van der Waals surface area contributed by atoms with Crippen molar-refractivity contribution in [3.05, 3.63) is 52.5 Å². The van der Waals surface area contributed by atoms with Gasteiger partial charge in [0, 0.05) is 37.2 Å². The van der Waals surface area contributed by atoms with Gasteiger partial charge in [-0.1, -0.05) is 32.4 Å². The fourth-order valence-corrected chi connectivity index (χ4v) is 4.55. The lowest BCUT2D eigenvalue weighted by Gasteiger charge is -2.36. The van der Waals surface area contributed by atoms with E-state index in [2.05, 4.69) is 30.9 Å². The van der Waals surface area contributed by atoms with E-state index < -0.39 is 0 Å². The van der Waals surface area contributed by atoms with Crippen molar-refractivity contribution in [2.75, 3.05) is 24.5 Å². The fourth-order valence-electron chi connectivity index (χ4n) is 4.55. The van der Waals surface area contributed by atoms with Crippen molar-refractivity contribution in [1.82, 2.24) is 14.9 Å². The van der Waals surface area contributed by atoms with Gasteiger partial charge in [-0.2, -0.15) is 0 Å². The normalized spacial score (nSPS) is 17.2. The Hall–Kier alpha value is -2.43. The van der Waals surface area contributed by atoms with Crippen molar-refractivity contribution in [1.29, 1.82) is 0 Å². The third-order valence-corrected chi connectivity index (χ3v) is 6.54. The third kappa shape index (κ3) is 4.50. The number of nitrogens with zero attached hydrogens (tertiary/aromatic N) is 4. The van der Waals surface area contributed by atoms with E-state index >= 15 is 0 Å². The summed E-state index contributed by atoms with van der Waals surface area (Å²) in [5.74, 6) is 2.78. The minimum atomic E-state index is 0.112. The van der Waals surface area contributed by atoms with E-state index in [1.807, 2.05) is 24.0 Å². The van der Waals surface area contributed by atoms with Crippen LogP contribution in [0.3, 0.4) is 0 Å². The number of hydrogen-bond donors (Lipinski definition) is 0. The molecular formula is C25H34N4O. The molecular weight excluding hydrogens is 372 g/mol. The molecule has 0 saturated carbocycles. The highest BCUT2D eigenvalue weighted by Gasteiger charge is 2.28. The molecule has 160 valence electrons. The number of piperidine rings is 1. The van der Waals surface area contributed by atoms with Gasteiger partial charge in [0.1, 0.15) is 11.6 Å². The van der Waals surface area contributed by atoms with Gasteiger partial charge in [0.05, 0.1) is 12.2 Å². The third-order valence-electron chi connectivity index (χ3n) is 6.54. The summed E-state index contributed by atoms with van der Waals surface area (Å²) in [5.41, 5.74) is 4.35. The van der Waals surface area contributed by atoms with Gasteiger partial charge in [0.25, 0.3) is 5.91 Å². The summed E-state index contributed by atoms with van der Waals surface area (Å²) in [6, 6.07) is 8.18. The van der Waals surface area contributed by atoms with Gasteiger partial charge >= 0.3 is 0 Å². The highest BCUT2D eigenvalue weighted by molar-refractivity contribution is 5.94. The van der Waals surface area contributed by atoms with Crippen LogP contribution in [0.5, 0.6) is 0 Å². The number of aromatic nitrogens is 2. The van der Waals surface area contributed by atoms with E-state index in [-0.39, 0.29) is 5.91 Å². The molecule has 0 N–H and O–H groups in total. The van der Waals surface area contributed by atoms with Gasteiger partial charge < -0.3 is 9.80 Å². The van der Waals surface area contributed by atoms with Crippen molar-refractivity contribution in [3.63, 3.8) is 0 Å². The van der Waals surface area contributed by atoms with Crippen molar-refractivity contribution in [2.45, 2.75) is 65.8 Å². The van der Waals surface area contributed by atoms with Crippen molar-refractivity contribution in [3.8, 4) is 0 Å². The van der Waals surface area contributed by atoms with Crippen LogP contribution >= 0.6 is 0 Å². The second-order valence-corrected chi connectivity index (χ2v) is 8.97. The number of hydrogen-bond acceptors (Lipinski definition) is 4. The Bertz CT molecular complexity index is 885. The van der Waals surface area contributed by atoms with Crippen LogP contribution in [-0.4, -0.2) is 40.4 Å². The lowest BCUT2D eigenvalue weighted by molar-refractivity contribution is 0.0733. The number of rotatable bonds is 5. The average Bonchev–Trinajstić information content (AvgIpc) is 2.77. The Balaban J connectivity index is 1.53. The van der Waals surface area contributed by atoms with Crippen LogP contribution in [0.15, 0.2) is 24.3 Å². The van der Waals surface area contributed by atoms with E-state index in [9.17, 15) is 4.79 Å². The number of carbonyl (C=O) groups excluding carboxylic acids is 1. The molecule has 4 rings (SSSR count). The molecule has 30 heavy (non-hydrogen) atoms. The Labute approximate surface area is 180 Å². The summed E-state index contributed by atoms with van der Waals surface area (Å²) in [4.78, 5) is 27.1. The largest absolute Gasteiger partial charge is 0.356 e. The molecule has 5 nitrogen and oxygen atoms in total. The summed E-state index contributed by atoms with van der Waals surface area (Å²) in [7, 11) is 0. The van der Waals surface area contributed by atoms with Crippen LogP contribution in [0.4, 0.5) is 5.82 Å². The second kappa shape index (κ2) is 9.15. The molecule has 1 aromatic heterocycles. The monoisotopic (exact) mass is 406 g/mol. The first kappa shape index (κ1) is 20.8. The molecule has 1 saturated heterocycles. The molecule has 0 aliphatic carbocycles. The molecule has 0 bridgehead atoms. The summed E-state index contributed by atoms with van der Waals surface area (Å²) in [6.45, 7) is 9.91. The molecule has 0 atom stereocenters. The predicted molar refractivity (Wildman–Crippen MR) is 121 cm³/mol. The maximum absolute atomic E-state index is 13.2. The zero-order chi connectivity index (χ0) is 21.1. The lowest BCUT2D eigenvalue weighted by Crippen LogP contribution is -2.40. The maximum atomic E-state index is 13.2. The van der Waals surface area contributed by atoms with Crippen LogP contribution in [-0.2, 0) is 19.4 Å². The first-order valence-electron chi connectivity index (χ1n) is 11.5. The predicted octanol–water partition coefficient (Wildman–Crippen LogP) is 4.56. The molecule has 2 aromatic rings. The minimum absolute atomic E-state index is 0.112. The quantitative estimate of drug-likeness (QED) is 0.730. The van der Waals surface area contributed by atoms with Gasteiger partial charge in [-0.05, 0) is 56.2 Å². The van der Waals surface area contributed by atoms with E-state index in [1.54, 1.807) is 0 Å². The molecule has 0 radical (unpaired) electrons. The van der Waals surface area contributed by atoms with Gasteiger partial charge in [-0.15, -0.1) is 0 Å². The highest BCUT2D eigenvalue weighted by Crippen LogP contribution is 2.30. The van der Waals surface area contributed by atoms with E-state index in [0.29, 0.717) is 6.54 Å². The van der Waals surface area contributed by atoms with Gasteiger partial charge in [-0.3, -0.25) is 4.79 Å².